The van der Waals surface area contributed by atoms with E-state index in [0.717, 1.165) is 19.3 Å². The van der Waals surface area contributed by atoms with Crippen LogP contribution in [0, 0.1) is 40.4 Å². The van der Waals surface area contributed by atoms with Crippen molar-refractivity contribution in [1.82, 2.24) is 5.32 Å². The second-order valence-corrected chi connectivity index (χ2v) is 11.4. The summed E-state index contributed by atoms with van der Waals surface area (Å²) in [5.74, 6) is 1.97. The number of hydrogen-bond donors (Lipinski definition) is 3. The number of fused-ring (bicyclic) bond motifs is 5. The molecule has 4 aliphatic carbocycles. The number of aliphatic hydroxyl groups excluding tert-OH is 1. The second-order valence-electron chi connectivity index (χ2n) is 11.4. The van der Waals surface area contributed by atoms with Gasteiger partial charge in [0.2, 0.25) is 5.91 Å². The van der Waals surface area contributed by atoms with Gasteiger partial charge in [-0.25, -0.2) is 0 Å². The van der Waals surface area contributed by atoms with Gasteiger partial charge in [-0.3, -0.25) is 9.59 Å². The zero-order valence-electron chi connectivity index (χ0n) is 18.9. The normalized spacial score (nSPS) is 45.2. The van der Waals surface area contributed by atoms with Crippen molar-refractivity contribution in [3.63, 3.8) is 0 Å². The van der Waals surface area contributed by atoms with Gasteiger partial charge >= 0.3 is 5.97 Å². The maximum atomic E-state index is 11.9. The summed E-state index contributed by atoms with van der Waals surface area (Å²) in [6.07, 6.45) is 13.5. The Morgan fingerprint density at radius 3 is 2.53 bits per heavy atom. The van der Waals surface area contributed by atoms with Gasteiger partial charge in [-0.1, -0.05) is 26.7 Å². The molecule has 0 saturated heterocycles. The Morgan fingerprint density at radius 2 is 1.77 bits per heavy atom. The summed E-state index contributed by atoms with van der Waals surface area (Å²) in [5, 5.41) is 22.4. The van der Waals surface area contributed by atoms with Crippen LogP contribution in [0.4, 0.5) is 0 Å². The summed E-state index contributed by atoms with van der Waals surface area (Å²) in [5.41, 5.74) is 0.724. The van der Waals surface area contributed by atoms with E-state index in [4.69, 9.17) is 5.11 Å². The molecule has 1 amide bonds. The molecule has 3 N–H and O–H groups in total. The molecule has 0 heterocycles. The van der Waals surface area contributed by atoms with Crippen molar-refractivity contribution in [2.45, 2.75) is 97.0 Å². The Balaban J connectivity index is 1.39. The zero-order valence-corrected chi connectivity index (χ0v) is 18.9. The average Bonchev–Trinajstić information content (AvgIpc) is 3.03. The molecule has 0 spiro atoms. The quantitative estimate of drug-likeness (QED) is 0.596. The molecule has 4 fully saturated rings. The van der Waals surface area contributed by atoms with Crippen molar-refractivity contribution in [2.24, 2.45) is 40.4 Å². The number of carboxylic acids is 1. The first-order valence-electron chi connectivity index (χ1n) is 12.4. The number of carbonyl (C=O) groups is 2. The van der Waals surface area contributed by atoms with Crippen molar-refractivity contribution < 1.29 is 19.8 Å². The standard InChI is InChI=1S/C25H41NO4/c1-24-12-4-3-6-17(24)14-20(27)23-18-10-9-16(25(18,2)13-11-19(23)24)7-5-8-21(28)26-15-22(29)30/h16-20,23,27H,3-15H2,1-2H3,(H,26,28)(H,29,30)/t16?,17-,18?,19?,20-,23-,24-,25+/m0/s1. The second kappa shape index (κ2) is 8.44. The predicted molar refractivity (Wildman–Crippen MR) is 116 cm³/mol. The smallest absolute Gasteiger partial charge is 0.322 e. The number of hydrogen-bond acceptors (Lipinski definition) is 3. The molecule has 4 rings (SSSR count). The molecular weight excluding hydrogens is 378 g/mol. The van der Waals surface area contributed by atoms with E-state index in [1.165, 1.54) is 51.4 Å². The summed E-state index contributed by atoms with van der Waals surface area (Å²) in [6, 6.07) is 0. The SMILES string of the molecule is C[C@]12CCC3[C@H](C1CCC2CCCC(=O)NCC(=O)O)[C@@H](O)C[C@@H]1CCCC[C@]31C. The summed E-state index contributed by atoms with van der Waals surface area (Å²) < 4.78 is 0. The van der Waals surface area contributed by atoms with E-state index in [2.05, 4.69) is 19.2 Å². The van der Waals surface area contributed by atoms with Crippen LogP contribution >= 0.6 is 0 Å². The van der Waals surface area contributed by atoms with E-state index in [1.807, 2.05) is 0 Å². The molecule has 30 heavy (non-hydrogen) atoms. The van der Waals surface area contributed by atoms with Crippen molar-refractivity contribution in [1.29, 1.82) is 0 Å². The highest BCUT2D eigenvalue weighted by Crippen LogP contribution is 2.67. The first-order chi connectivity index (χ1) is 14.3. The fraction of sp³-hybridized carbons (Fsp3) is 0.920. The first-order valence-corrected chi connectivity index (χ1v) is 12.4. The summed E-state index contributed by atoms with van der Waals surface area (Å²) >= 11 is 0. The molecule has 0 aromatic carbocycles. The molecule has 8 atom stereocenters. The number of carboxylic acid groups (broad SMARTS) is 1. The van der Waals surface area contributed by atoms with Crippen molar-refractivity contribution in [3.8, 4) is 0 Å². The van der Waals surface area contributed by atoms with Crippen LogP contribution in [-0.4, -0.2) is 34.7 Å². The van der Waals surface area contributed by atoms with Gasteiger partial charge in [0.25, 0.3) is 0 Å². The van der Waals surface area contributed by atoms with E-state index in [-0.39, 0.29) is 24.0 Å². The summed E-state index contributed by atoms with van der Waals surface area (Å²) in [6.45, 7) is 4.73. The largest absolute Gasteiger partial charge is 0.480 e. The number of rotatable bonds is 6. The van der Waals surface area contributed by atoms with Gasteiger partial charge in [0.1, 0.15) is 6.54 Å². The Morgan fingerprint density at radius 1 is 1.00 bits per heavy atom. The van der Waals surface area contributed by atoms with Crippen LogP contribution in [0.15, 0.2) is 0 Å². The number of aliphatic carboxylic acids is 1. The lowest BCUT2D eigenvalue weighted by Gasteiger charge is -2.62. The minimum atomic E-state index is -0.994. The average molecular weight is 420 g/mol. The lowest BCUT2D eigenvalue weighted by atomic mass is 9.44. The van der Waals surface area contributed by atoms with Gasteiger partial charge in [-0.05, 0) is 98.2 Å². The van der Waals surface area contributed by atoms with E-state index in [9.17, 15) is 14.7 Å². The van der Waals surface area contributed by atoms with E-state index in [1.54, 1.807) is 0 Å². The Bertz CT molecular complexity index is 666. The van der Waals surface area contributed by atoms with E-state index >= 15 is 0 Å². The van der Waals surface area contributed by atoms with Gasteiger partial charge in [0, 0.05) is 6.42 Å². The summed E-state index contributed by atoms with van der Waals surface area (Å²) in [4.78, 5) is 22.5. The third-order valence-corrected chi connectivity index (χ3v) is 10.2. The monoisotopic (exact) mass is 419 g/mol. The molecule has 0 bridgehead atoms. The third-order valence-electron chi connectivity index (χ3n) is 10.2. The molecule has 4 saturated carbocycles. The lowest BCUT2D eigenvalue weighted by molar-refractivity contribution is -0.162. The van der Waals surface area contributed by atoms with Gasteiger partial charge in [-0.15, -0.1) is 0 Å². The Hall–Kier alpha value is -1.10. The van der Waals surface area contributed by atoms with Crippen LogP contribution < -0.4 is 5.32 Å². The number of aliphatic hydroxyl groups is 1. The Kier molecular flexibility index (Phi) is 6.22. The number of carbonyl (C=O) groups excluding carboxylic acids is 1. The molecule has 4 aliphatic rings. The highest BCUT2D eigenvalue weighted by molar-refractivity contribution is 5.80. The highest BCUT2D eigenvalue weighted by atomic mass is 16.4. The molecular formula is C25H41NO4. The van der Waals surface area contributed by atoms with Crippen molar-refractivity contribution in [2.75, 3.05) is 6.54 Å². The first kappa shape index (κ1) is 22.1. The minimum absolute atomic E-state index is 0.128. The number of nitrogens with one attached hydrogen (secondary N) is 1. The Labute approximate surface area is 181 Å². The van der Waals surface area contributed by atoms with Crippen LogP contribution in [0.5, 0.6) is 0 Å². The summed E-state index contributed by atoms with van der Waals surface area (Å²) in [7, 11) is 0. The molecule has 0 aliphatic heterocycles. The topological polar surface area (TPSA) is 86.6 Å². The maximum Gasteiger partial charge on any atom is 0.322 e. The predicted octanol–water partition coefficient (Wildman–Crippen LogP) is 4.38. The van der Waals surface area contributed by atoms with Gasteiger partial charge < -0.3 is 15.5 Å². The fourth-order valence-electron chi connectivity index (χ4n) is 8.61. The number of amides is 1. The minimum Gasteiger partial charge on any atom is -0.480 e. The van der Waals surface area contributed by atoms with Crippen molar-refractivity contribution >= 4 is 11.9 Å². The van der Waals surface area contributed by atoms with E-state index < -0.39 is 5.97 Å². The van der Waals surface area contributed by atoms with Gasteiger partial charge in [-0.2, -0.15) is 0 Å². The van der Waals surface area contributed by atoms with Crippen molar-refractivity contribution in [3.05, 3.63) is 0 Å². The van der Waals surface area contributed by atoms with Crippen LogP contribution in [0.1, 0.15) is 90.9 Å². The maximum absolute atomic E-state index is 11.9. The van der Waals surface area contributed by atoms with Crippen LogP contribution in [0.3, 0.4) is 0 Å². The van der Waals surface area contributed by atoms with Crippen LogP contribution in [0.2, 0.25) is 0 Å². The van der Waals surface area contributed by atoms with Crippen LogP contribution in [0.25, 0.3) is 0 Å². The molecule has 5 nitrogen and oxygen atoms in total. The molecule has 170 valence electrons. The molecule has 0 aromatic heterocycles. The molecule has 3 unspecified atom stereocenters. The van der Waals surface area contributed by atoms with E-state index in [0.29, 0.717) is 41.4 Å². The van der Waals surface area contributed by atoms with Crippen LogP contribution in [-0.2, 0) is 9.59 Å². The zero-order chi connectivity index (χ0) is 21.5. The molecule has 0 aromatic rings. The third kappa shape index (κ3) is 3.80. The van der Waals surface area contributed by atoms with Gasteiger partial charge in [0.15, 0.2) is 0 Å². The fourth-order valence-corrected chi connectivity index (χ4v) is 8.61. The lowest BCUT2D eigenvalue weighted by Crippen LogP contribution is -2.57. The highest BCUT2D eigenvalue weighted by Gasteiger charge is 2.61. The molecule has 5 heteroatoms. The van der Waals surface area contributed by atoms with Gasteiger partial charge in [0.05, 0.1) is 6.10 Å². The molecule has 0 radical (unpaired) electrons.